The van der Waals surface area contributed by atoms with E-state index in [1.807, 2.05) is 0 Å². The van der Waals surface area contributed by atoms with Crippen LogP contribution in [0.25, 0.3) is 0 Å². The topological polar surface area (TPSA) is 47.0 Å². The minimum Gasteiger partial charge on any atom is -0.344 e. The highest BCUT2D eigenvalue weighted by molar-refractivity contribution is 4.86. The van der Waals surface area contributed by atoms with Crippen molar-refractivity contribution in [3.8, 4) is 12.3 Å². The van der Waals surface area contributed by atoms with Gasteiger partial charge in [-0.2, -0.15) is 0 Å². The van der Waals surface area contributed by atoms with Gasteiger partial charge in [-0.15, -0.1) is 6.42 Å². The van der Waals surface area contributed by atoms with E-state index in [1.165, 1.54) is 19.3 Å². The zero-order valence-electron chi connectivity index (χ0n) is 6.82. The summed E-state index contributed by atoms with van der Waals surface area (Å²) in [5.74, 6) is 2.53. The van der Waals surface area contributed by atoms with Gasteiger partial charge in [0, 0.05) is 0 Å². The first-order valence-corrected chi connectivity index (χ1v) is 3.56. The Hall–Kier alpha value is -0.520. The fourth-order valence-corrected chi connectivity index (χ4v) is 0.661. The average Bonchev–Trinajstić information content (AvgIpc) is 1.89. The Bertz CT molecular complexity index is 83.7. The standard InChI is InChI=1S/C8H15N.H3N/c1-3-5-6-8-9-7-4-2;/h2,9H,3,5-8H2,1H3;1H3. The molecule has 0 amide bonds. The Morgan fingerprint density at radius 2 is 2.10 bits per heavy atom. The van der Waals surface area contributed by atoms with Gasteiger partial charge in [0.1, 0.15) is 0 Å². The Balaban J connectivity index is 0. The summed E-state index contributed by atoms with van der Waals surface area (Å²) < 4.78 is 0. The number of hydrogen-bond donors (Lipinski definition) is 2. The highest BCUT2D eigenvalue weighted by Crippen LogP contribution is 1.90. The van der Waals surface area contributed by atoms with Crippen molar-refractivity contribution in [3.63, 3.8) is 0 Å². The maximum Gasteiger partial charge on any atom is 0.0573 e. The highest BCUT2D eigenvalue weighted by Gasteiger charge is 1.82. The molecule has 0 radical (unpaired) electrons. The van der Waals surface area contributed by atoms with Gasteiger partial charge in [0.2, 0.25) is 0 Å². The minimum absolute atomic E-state index is 0. The van der Waals surface area contributed by atoms with Crippen molar-refractivity contribution in [1.82, 2.24) is 11.5 Å². The molecule has 0 saturated carbocycles. The molecule has 0 aliphatic carbocycles. The molecule has 0 heterocycles. The fraction of sp³-hybridized carbons (Fsp3) is 0.750. The molecule has 0 aromatic carbocycles. The van der Waals surface area contributed by atoms with Gasteiger partial charge in [0.15, 0.2) is 0 Å². The second kappa shape index (κ2) is 11.3. The second-order valence-electron chi connectivity index (χ2n) is 2.09. The van der Waals surface area contributed by atoms with Crippen LogP contribution in [0.5, 0.6) is 0 Å². The Morgan fingerprint density at radius 1 is 1.40 bits per heavy atom. The number of hydrogen-bond acceptors (Lipinski definition) is 2. The molecule has 0 aromatic heterocycles. The molecule has 10 heavy (non-hydrogen) atoms. The van der Waals surface area contributed by atoms with Crippen molar-refractivity contribution in [1.29, 1.82) is 0 Å². The van der Waals surface area contributed by atoms with Crippen molar-refractivity contribution in [2.24, 2.45) is 0 Å². The molecule has 2 nitrogen and oxygen atoms in total. The molecule has 0 aliphatic heterocycles. The van der Waals surface area contributed by atoms with E-state index in [1.54, 1.807) is 0 Å². The van der Waals surface area contributed by atoms with Crippen molar-refractivity contribution >= 4 is 0 Å². The van der Waals surface area contributed by atoms with Crippen LogP contribution in [0.1, 0.15) is 26.2 Å². The van der Waals surface area contributed by atoms with Crippen LogP contribution < -0.4 is 11.5 Å². The molecule has 60 valence electrons. The zero-order valence-corrected chi connectivity index (χ0v) is 6.82. The maximum atomic E-state index is 5.03. The van der Waals surface area contributed by atoms with Crippen LogP contribution in [0.15, 0.2) is 0 Å². The van der Waals surface area contributed by atoms with Gasteiger partial charge >= 0.3 is 0 Å². The van der Waals surface area contributed by atoms with Crippen LogP contribution in [-0.2, 0) is 0 Å². The van der Waals surface area contributed by atoms with E-state index >= 15 is 0 Å². The summed E-state index contributed by atoms with van der Waals surface area (Å²) in [6.07, 6.45) is 8.86. The van der Waals surface area contributed by atoms with E-state index in [0.717, 1.165) is 6.54 Å². The summed E-state index contributed by atoms with van der Waals surface area (Å²) in [4.78, 5) is 0. The molecule has 0 spiro atoms. The third kappa shape index (κ3) is 10.5. The highest BCUT2D eigenvalue weighted by atomic mass is 14.8. The molecule has 0 unspecified atom stereocenters. The summed E-state index contributed by atoms with van der Waals surface area (Å²) >= 11 is 0. The van der Waals surface area contributed by atoms with Gasteiger partial charge in [-0.25, -0.2) is 0 Å². The lowest BCUT2D eigenvalue weighted by molar-refractivity contribution is 0.650. The SMILES string of the molecule is C#CCNCCCCC.N. The lowest BCUT2D eigenvalue weighted by Crippen LogP contribution is -2.14. The molecule has 0 fully saturated rings. The van der Waals surface area contributed by atoms with E-state index in [9.17, 15) is 0 Å². The smallest absolute Gasteiger partial charge is 0.0573 e. The summed E-state index contributed by atoms with van der Waals surface area (Å²) in [5.41, 5.74) is 0. The van der Waals surface area contributed by atoms with E-state index < -0.39 is 0 Å². The molecular weight excluding hydrogens is 124 g/mol. The average molecular weight is 142 g/mol. The van der Waals surface area contributed by atoms with Crippen molar-refractivity contribution < 1.29 is 0 Å². The van der Waals surface area contributed by atoms with Crippen LogP contribution in [0.3, 0.4) is 0 Å². The van der Waals surface area contributed by atoms with Gasteiger partial charge in [-0.1, -0.05) is 25.7 Å². The van der Waals surface area contributed by atoms with Crippen LogP contribution in [0.2, 0.25) is 0 Å². The Labute approximate surface area is 64.0 Å². The maximum absolute atomic E-state index is 5.03. The quantitative estimate of drug-likeness (QED) is 0.452. The van der Waals surface area contributed by atoms with Gasteiger partial charge in [0.05, 0.1) is 6.54 Å². The summed E-state index contributed by atoms with van der Waals surface area (Å²) in [5, 5.41) is 3.13. The Kier molecular flexibility index (Phi) is 13.8. The van der Waals surface area contributed by atoms with Crippen LogP contribution in [0, 0.1) is 12.3 Å². The monoisotopic (exact) mass is 142 g/mol. The summed E-state index contributed by atoms with van der Waals surface area (Å²) in [6, 6.07) is 0. The number of terminal acetylenes is 1. The zero-order chi connectivity index (χ0) is 6.95. The largest absolute Gasteiger partial charge is 0.344 e. The molecule has 0 aliphatic rings. The molecule has 0 rings (SSSR count). The number of rotatable bonds is 5. The molecule has 0 saturated heterocycles. The first kappa shape index (κ1) is 12.2. The lowest BCUT2D eigenvalue weighted by Gasteiger charge is -1.96. The van der Waals surface area contributed by atoms with Crippen LogP contribution in [0.4, 0.5) is 0 Å². The summed E-state index contributed by atoms with van der Waals surface area (Å²) in [6.45, 7) is 3.98. The van der Waals surface area contributed by atoms with Crippen molar-refractivity contribution in [2.75, 3.05) is 13.1 Å². The van der Waals surface area contributed by atoms with E-state index in [4.69, 9.17) is 6.42 Å². The number of nitrogens with one attached hydrogen (secondary N) is 1. The minimum atomic E-state index is 0. The number of unbranched alkanes of at least 4 members (excludes halogenated alkanes) is 2. The predicted molar refractivity (Wildman–Crippen MR) is 46.2 cm³/mol. The summed E-state index contributed by atoms with van der Waals surface area (Å²) in [7, 11) is 0. The van der Waals surface area contributed by atoms with Crippen molar-refractivity contribution in [3.05, 3.63) is 0 Å². The molecule has 4 N–H and O–H groups in total. The first-order chi connectivity index (χ1) is 4.41. The fourth-order valence-electron chi connectivity index (χ4n) is 0.661. The molecule has 0 bridgehead atoms. The van der Waals surface area contributed by atoms with Gasteiger partial charge in [-0.05, 0) is 13.0 Å². The van der Waals surface area contributed by atoms with Gasteiger partial charge in [0.25, 0.3) is 0 Å². The van der Waals surface area contributed by atoms with E-state index in [2.05, 4.69) is 18.2 Å². The first-order valence-electron chi connectivity index (χ1n) is 3.56. The normalized spacial score (nSPS) is 8.00. The molecular formula is C8H18N2. The van der Waals surface area contributed by atoms with Gasteiger partial charge in [-0.3, -0.25) is 0 Å². The van der Waals surface area contributed by atoms with Crippen LogP contribution in [-0.4, -0.2) is 13.1 Å². The van der Waals surface area contributed by atoms with Crippen LogP contribution >= 0.6 is 0 Å². The van der Waals surface area contributed by atoms with Gasteiger partial charge < -0.3 is 11.5 Å². The predicted octanol–water partition coefficient (Wildman–Crippen LogP) is 1.56. The van der Waals surface area contributed by atoms with E-state index in [-0.39, 0.29) is 6.15 Å². The lowest BCUT2D eigenvalue weighted by atomic mass is 10.2. The second-order valence-corrected chi connectivity index (χ2v) is 2.09. The van der Waals surface area contributed by atoms with E-state index in [0.29, 0.717) is 6.54 Å². The molecule has 2 heteroatoms. The molecule has 0 atom stereocenters. The third-order valence-electron chi connectivity index (χ3n) is 1.18. The molecule has 0 aromatic rings. The Morgan fingerprint density at radius 3 is 2.60 bits per heavy atom. The van der Waals surface area contributed by atoms with Crippen molar-refractivity contribution in [2.45, 2.75) is 26.2 Å². The third-order valence-corrected chi connectivity index (χ3v) is 1.18.